The average Bonchev–Trinajstić information content (AvgIpc) is 3.50. The van der Waals surface area contributed by atoms with Crippen molar-refractivity contribution < 1.29 is 9.59 Å². The normalized spacial score (nSPS) is 13.7. The van der Waals surface area contributed by atoms with Gasteiger partial charge in [0.25, 0.3) is 5.91 Å². The number of para-hydroxylation sites is 1. The zero-order chi connectivity index (χ0) is 23.0. The smallest absolute Gasteiger partial charge is 0.253 e. The van der Waals surface area contributed by atoms with Gasteiger partial charge in [-0.15, -0.1) is 5.10 Å². The van der Waals surface area contributed by atoms with Gasteiger partial charge in [0.1, 0.15) is 5.82 Å². The molecule has 1 saturated carbocycles. The van der Waals surface area contributed by atoms with Crippen LogP contribution in [0.1, 0.15) is 53.0 Å². The van der Waals surface area contributed by atoms with E-state index in [4.69, 9.17) is 0 Å². The SMILES string of the molecule is Cc1ccc(CNC(=O)c2ccccc2NC(=O)CSc2n[nH]c(CC3CCCC3)n2)cc1. The van der Waals surface area contributed by atoms with Gasteiger partial charge in [0.15, 0.2) is 0 Å². The minimum Gasteiger partial charge on any atom is -0.348 e. The summed E-state index contributed by atoms with van der Waals surface area (Å²) in [7, 11) is 0. The molecular weight excluding hydrogens is 434 g/mol. The molecule has 0 spiro atoms. The highest BCUT2D eigenvalue weighted by atomic mass is 32.2. The Kier molecular flexibility index (Phi) is 7.78. The molecule has 1 heterocycles. The molecule has 3 N–H and O–H groups in total. The lowest BCUT2D eigenvalue weighted by atomic mass is 10.0. The Bertz CT molecular complexity index is 1090. The van der Waals surface area contributed by atoms with Crippen molar-refractivity contribution in [3.05, 3.63) is 71.0 Å². The topological polar surface area (TPSA) is 99.8 Å². The van der Waals surface area contributed by atoms with Crippen LogP contribution in [-0.2, 0) is 17.8 Å². The number of anilines is 1. The van der Waals surface area contributed by atoms with Crippen LogP contribution in [0.25, 0.3) is 0 Å². The maximum absolute atomic E-state index is 12.7. The first-order valence-electron chi connectivity index (χ1n) is 11.3. The van der Waals surface area contributed by atoms with Gasteiger partial charge < -0.3 is 10.6 Å². The Morgan fingerprint density at radius 2 is 1.85 bits per heavy atom. The summed E-state index contributed by atoms with van der Waals surface area (Å²) in [4.78, 5) is 29.8. The zero-order valence-electron chi connectivity index (χ0n) is 18.8. The maximum Gasteiger partial charge on any atom is 0.253 e. The first-order valence-corrected chi connectivity index (χ1v) is 12.3. The van der Waals surface area contributed by atoms with Crippen molar-refractivity contribution in [1.29, 1.82) is 0 Å². The number of hydrogen-bond donors (Lipinski definition) is 3. The Morgan fingerprint density at radius 3 is 2.64 bits per heavy atom. The van der Waals surface area contributed by atoms with Gasteiger partial charge in [-0.2, -0.15) is 0 Å². The minimum atomic E-state index is -0.232. The zero-order valence-corrected chi connectivity index (χ0v) is 19.6. The van der Waals surface area contributed by atoms with Gasteiger partial charge >= 0.3 is 0 Å². The molecule has 1 fully saturated rings. The van der Waals surface area contributed by atoms with Crippen molar-refractivity contribution >= 4 is 29.3 Å². The van der Waals surface area contributed by atoms with Crippen LogP contribution in [0.2, 0.25) is 0 Å². The minimum absolute atomic E-state index is 0.167. The van der Waals surface area contributed by atoms with E-state index >= 15 is 0 Å². The molecule has 7 nitrogen and oxygen atoms in total. The highest BCUT2D eigenvalue weighted by molar-refractivity contribution is 7.99. The second-order valence-electron chi connectivity index (χ2n) is 8.47. The molecule has 8 heteroatoms. The fraction of sp³-hybridized carbons (Fsp3) is 0.360. The molecule has 4 rings (SSSR count). The van der Waals surface area contributed by atoms with Crippen molar-refractivity contribution in [2.75, 3.05) is 11.1 Å². The molecule has 0 saturated heterocycles. The van der Waals surface area contributed by atoms with E-state index in [0.29, 0.717) is 28.9 Å². The quantitative estimate of drug-likeness (QED) is 0.406. The summed E-state index contributed by atoms with van der Waals surface area (Å²) in [5.41, 5.74) is 3.11. The largest absolute Gasteiger partial charge is 0.348 e. The van der Waals surface area contributed by atoms with Crippen molar-refractivity contribution in [3.63, 3.8) is 0 Å². The molecule has 0 bridgehead atoms. The van der Waals surface area contributed by atoms with Gasteiger partial charge in [0.05, 0.1) is 17.0 Å². The lowest BCUT2D eigenvalue weighted by Gasteiger charge is -2.11. The number of aryl methyl sites for hydroxylation is 1. The van der Waals surface area contributed by atoms with Gasteiger partial charge in [-0.25, -0.2) is 4.98 Å². The van der Waals surface area contributed by atoms with Gasteiger partial charge in [-0.3, -0.25) is 14.7 Å². The number of nitrogens with one attached hydrogen (secondary N) is 3. The molecule has 33 heavy (non-hydrogen) atoms. The third-order valence-electron chi connectivity index (χ3n) is 5.82. The molecule has 2 aromatic carbocycles. The predicted octanol–water partition coefficient (Wildman–Crippen LogP) is 4.51. The number of aromatic nitrogens is 3. The highest BCUT2D eigenvalue weighted by Gasteiger charge is 2.18. The first kappa shape index (κ1) is 23.0. The van der Waals surface area contributed by atoms with Crippen LogP contribution in [-0.4, -0.2) is 32.7 Å². The monoisotopic (exact) mass is 463 g/mol. The van der Waals surface area contributed by atoms with Gasteiger partial charge in [-0.05, 0) is 30.5 Å². The van der Waals surface area contributed by atoms with Gasteiger partial charge in [0, 0.05) is 13.0 Å². The Labute approximate surface area is 198 Å². The van der Waals surface area contributed by atoms with Crippen LogP contribution in [0.5, 0.6) is 0 Å². The molecule has 0 aliphatic heterocycles. The van der Waals surface area contributed by atoms with E-state index in [1.807, 2.05) is 31.2 Å². The number of amides is 2. The third kappa shape index (κ3) is 6.68. The van der Waals surface area contributed by atoms with E-state index in [0.717, 1.165) is 17.8 Å². The van der Waals surface area contributed by atoms with E-state index < -0.39 is 0 Å². The van der Waals surface area contributed by atoms with Crippen LogP contribution in [0, 0.1) is 12.8 Å². The summed E-state index contributed by atoms with van der Waals surface area (Å²) < 4.78 is 0. The van der Waals surface area contributed by atoms with Crippen molar-refractivity contribution in [1.82, 2.24) is 20.5 Å². The second-order valence-corrected chi connectivity index (χ2v) is 9.41. The fourth-order valence-corrected chi connectivity index (χ4v) is 4.63. The number of carbonyl (C=O) groups is 2. The molecule has 1 aliphatic carbocycles. The number of hydrogen-bond acceptors (Lipinski definition) is 5. The van der Waals surface area contributed by atoms with E-state index in [1.165, 1.54) is 43.0 Å². The fourth-order valence-electron chi connectivity index (χ4n) is 4.01. The number of H-pyrrole nitrogens is 1. The van der Waals surface area contributed by atoms with Crippen molar-refractivity contribution in [3.8, 4) is 0 Å². The standard InChI is InChI=1S/C25H29N5O2S/c1-17-10-12-19(13-11-17)15-26-24(32)20-8-4-5-9-21(20)27-23(31)16-33-25-28-22(29-30-25)14-18-6-2-3-7-18/h4-5,8-13,18H,2-3,6-7,14-16H2,1H3,(H,26,32)(H,27,31)(H,28,29,30). The number of thioether (sulfide) groups is 1. The number of nitrogens with zero attached hydrogens (tertiary/aromatic N) is 2. The summed E-state index contributed by atoms with van der Waals surface area (Å²) in [6.07, 6.45) is 6.02. The van der Waals surface area contributed by atoms with Crippen LogP contribution in [0.4, 0.5) is 5.69 Å². The Morgan fingerprint density at radius 1 is 1.09 bits per heavy atom. The van der Waals surface area contributed by atoms with E-state index in [1.54, 1.807) is 24.3 Å². The van der Waals surface area contributed by atoms with Gasteiger partial charge in [0.2, 0.25) is 11.1 Å². The molecular formula is C25H29N5O2S. The Balaban J connectivity index is 1.28. The maximum atomic E-state index is 12.7. The van der Waals surface area contributed by atoms with Crippen molar-refractivity contribution in [2.45, 2.75) is 50.7 Å². The third-order valence-corrected chi connectivity index (χ3v) is 6.67. The first-order chi connectivity index (χ1) is 16.1. The van der Waals surface area contributed by atoms with Gasteiger partial charge in [-0.1, -0.05) is 79.4 Å². The summed E-state index contributed by atoms with van der Waals surface area (Å²) in [5.74, 6) is 1.30. The molecule has 0 atom stereocenters. The average molecular weight is 464 g/mol. The van der Waals surface area contributed by atoms with Crippen LogP contribution >= 0.6 is 11.8 Å². The van der Waals surface area contributed by atoms with Crippen LogP contribution in [0.15, 0.2) is 53.7 Å². The number of aromatic amines is 1. The Hall–Kier alpha value is -3.13. The summed E-state index contributed by atoms with van der Waals surface area (Å²) >= 11 is 1.28. The molecule has 0 unspecified atom stereocenters. The molecule has 2 amide bonds. The summed E-state index contributed by atoms with van der Waals surface area (Å²) in [5, 5.41) is 13.6. The number of carbonyl (C=O) groups excluding carboxylic acids is 2. The molecule has 1 aromatic heterocycles. The van der Waals surface area contributed by atoms with E-state index in [2.05, 4.69) is 25.8 Å². The van der Waals surface area contributed by atoms with Crippen molar-refractivity contribution in [2.24, 2.45) is 5.92 Å². The molecule has 3 aromatic rings. The molecule has 0 radical (unpaired) electrons. The summed E-state index contributed by atoms with van der Waals surface area (Å²) in [6.45, 7) is 2.45. The number of benzene rings is 2. The highest BCUT2D eigenvalue weighted by Crippen LogP contribution is 2.27. The van der Waals surface area contributed by atoms with E-state index in [-0.39, 0.29) is 17.6 Å². The number of rotatable bonds is 9. The lowest BCUT2D eigenvalue weighted by molar-refractivity contribution is -0.113. The molecule has 1 aliphatic rings. The van der Waals surface area contributed by atoms with Crippen LogP contribution < -0.4 is 10.6 Å². The van der Waals surface area contributed by atoms with Crippen LogP contribution in [0.3, 0.4) is 0 Å². The van der Waals surface area contributed by atoms with E-state index in [9.17, 15) is 9.59 Å². The second kappa shape index (κ2) is 11.1. The summed E-state index contributed by atoms with van der Waals surface area (Å²) in [6, 6.07) is 15.0. The molecule has 172 valence electrons. The predicted molar refractivity (Wildman–Crippen MR) is 130 cm³/mol. The lowest BCUT2D eigenvalue weighted by Crippen LogP contribution is -2.25.